The van der Waals surface area contributed by atoms with Crippen molar-refractivity contribution < 1.29 is 23.8 Å². The smallest absolute Gasteiger partial charge is 0.333 e. The molecule has 3 rings (SSSR count). The summed E-state index contributed by atoms with van der Waals surface area (Å²) in [6.45, 7) is 1.14. The third kappa shape index (κ3) is 4.96. The van der Waals surface area contributed by atoms with E-state index in [2.05, 4.69) is 10.3 Å². The molecule has 0 bridgehead atoms. The second-order valence-electron chi connectivity index (χ2n) is 5.97. The summed E-state index contributed by atoms with van der Waals surface area (Å²) in [6, 6.07) is 8.72. The monoisotopic (exact) mass is 390 g/mol. The Kier molecular flexibility index (Phi) is 6.26. The molecule has 1 aliphatic rings. The molecule has 2 unspecified atom stereocenters. The number of hydrogen-bond donors (Lipinski definition) is 1. The maximum absolute atomic E-state index is 12.7. The van der Waals surface area contributed by atoms with Gasteiger partial charge < -0.3 is 19.5 Å². The first-order valence-electron chi connectivity index (χ1n) is 8.41. The van der Waals surface area contributed by atoms with Gasteiger partial charge in [0.2, 0.25) is 5.88 Å². The number of nitrogens with one attached hydrogen (secondary N) is 1. The molecule has 7 nitrogen and oxygen atoms in total. The lowest BCUT2D eigenvalue weighted by Gasteiger charge is -2.17. The van der Waals surface area contributed by atoms with Crippen molar-refractivity contribution >= 4 is 23.5 Å². The number of rotatable bonds is 6. The fourth-order valence-electron chi connectivity index (χ4n) is 2.66. The number of nitrogens with zero attached hydrogens (tertiary/aromatic N) is 1. The fraction of sp³-hybridized carbons (Fsp3) is 0.316. The normalized spacial score (nSPS) is 17.2. The lowest BCUT2D eigenvalue weighted by atomic mass is 10.1. The molecule has 1 aromatic heterocycles. The van der Waals surface area contributed by atoms with Gasteiger partial charge in [-0.2, -0.15) is 0 Å². The molecule has 0 saturated carbocycles. The molecule has 0 radical (unpaired) electrons. The number of ether oxygens (including phenoxy) is 3. The summed E-state index contributed by atoms with van der Waals surface area (Å²) in [6.07, 6.45) is 2.18. The van der Waals surface area contributed by atoms with E-state index in [1.54, 1.807) is 30.3 Å². The van der Waals surface area contributed by atoms with Gasteiger partial charge in [0.25, 0.3) is 5.91 Å². The summed E-state index contributed by atoms with van der Waals surface area (Å²) >= 11 is 5.89. The molecule has 2 atom stereocenters. The van der Waals surface area contributed by atoms with E-state index in [0.717, 1.165) is 6.42 Å². The van der Waals surface area contributed by atoms with Crippen LogP contribution in [0.1, 0.15) is 28.4 Å². The van der Waals surface area contributed by atoms with Crippen LogP contribution >= 0.6 is 11.6 Å². The second kappa shape index (κ2) is 8.83. The molecule has 1 aromatic carbocycles. The van der Waals surface area contributed by atoms with Crippen LogP contribution < -0.4 is 10.1 Å². The zero-order chi connectivity index (χ0) is 19.2. The average Bonchev–Trinajstić information content (AvgIpc) is 3.19. The van der Waals surface area contributed by atoms with Gasteiger partial charge >= 0.3 is 5.97 Å². The third-order valence-electron chi connectivity index (χ3n) is 4.09. The number of hydrogen-bond acceptors (Lipinski definition) is 6. The highest BCUT2D eigenvalue weighted by Crippen LogP contribution is 2.20. The fourth-order valence-corrected chi connectivity index (χ4v) is 2.78. The number of esters is 1. The SMILES string of the molecule is COC(=O)C(NC(=O)c1ccnc(OC2CCOC2)c1)c1ccc(Cl)cc1. The van der Waals surface area contributed by atoms with Gasteiger partial charge in [0.05, 0.1) is 20.3 Å². The van der Waals surface area contributed by atoms with Crippen molar-refractivity contribution in [3.63, 3.8) is 0 Å². The molecule has 1 amide bonds. The van der Waals surface area contributed by atoms with Crippen LogP contribution in [0.5, 0.6) is 5.88 Å². The number of carbonyl (C=O) groups is 2. The Morgan fingerprint density at radius 1 is 1.30 bits per heavy atom. The maximum atomic E-state index is 12.7. The predicted molar refractivity (Wildman–Crippen MR) is 97.8 cm³/mol. The molecule has 1 fully saturated rings. The summed E-state index contributed by atoms with van der Waals surface area (Å²) in [7, 11) is 1.26. The largest absolute Gasteiger partial charge is 0.472 e. The van der Waals surface area contributed by atoms with E-state index in [1.807, 2.05) is 0 Å². The van der Waals surface area contributed by atoms with Crippen molar-refractivity contribution in [3.05, 3.63) is 58.7 Å². The molecule has 1 aliphatic heterocycles. The van der Waals surface area contributed by atoms with Crippen LogP contribution in [0.4, 0.5) is 0 Å². The lowest BCUT2D eigenvalue weighted by molar-refractivity contribution is -0.143. The first kappa shape index (κ1) is 19.1. The summed E-state index contributed by atoms with van der Waals surface area (Å²) in [4.78, 5) is 28.9. The minimum atomic E-state index is -0.958. The molecular formula is C19H19ClN2O5. The number of pyridine rings is 1. The number of benzene rings is 1. The summed E-state index contributed by atoms with van der Waals surface area (Å²) in [5.74, 6) is -0.700. The maximum Gasteiger partial charge on any atom is 0.333 e. The van der Waals surface area contributed by atoms with Crippen LogP contribution in [0.25, 0.3) is 0 Å². The molecule has 1 N–H and O–H groups in total. The first-order valence-corrected chi connectivity index (χ1v) is 8.79. The minimum absolute atomic E-state index is 0.0762. The Bertz CT molecular complexity index is 806. The van der Waals surface area contributed by atoms with Crippen LogP contribution in [0.2, 0.25) is 5.02 Å². The number of aromatic nitrogens is 1. The lowest BCUT2D eigenvalue weighted by Crippen LogP contribution is -2.34. The number of halogens is 1. The van der Waals surface area contributed by atoms with E-state index in [0.29, 0.717) is 35.2 Å². The van der Waals surface area contributed by atoms with Crippen LogP contribution in [-0.2, 0) is 14.3 Å². The van der Waals surface area contributed by atoms with Gasteiger partial charge in [-0.3, -0.25) is 4.79 Å². The van der Waals surface area contributed by atoms with E-state index >= 15 is 0 Å². The highest BCUT2D eigenvalue weighted by molar-refractivity contribution is 6.30. The standard InChI is InChI=1S/C19H19ClN2O5/c1-25-19(24)17(12-2-4-14(20)5-3-12)22-18(23)13-6-8-21-16(10-13)27-15-7-9-26-11-15/h2-6,8,10,15,17H,7,9,11H2,1H3,(H,22,23). The molecular weight excluding hydrogens is 372 g/mol. The zero-order valence-electron chi connectivity index (χ0n) is 14.7. The molecule has 1 saturated heterocycles. The van der Waals surface area contributed by atoms with Gasteiger partial charge in [0.1, 0.15) is 6.10 Å². The van der Waals surface area contributed by atoms with Crippen molar-refractivity contribution in [1.29, 1.82) is 0 Å². The predicted octanol–water partition coefficient (Wildman–Crippen LogP) is 2.55. The Balaban J connectivity index is 1.75. The van der Waals surface area contributed by atoms with E-state index in [1.165, 1.54) is 19.4 Å². The Morgan fingerprint density at radius 2 is 2.07 bits per heavy atom. The average molecular weight is 391 g/mol. The van der Waals surface area contributed by atoms with E-state index < -0.39 is 17.9 Å². The molecule has 8 heteroatoms. The van der Waals surface area contributed by atoms with E-state index in [9.17, 15) is 9.59 Å². The van der Waals surface area contributed by atoms with Crippen molar-refractivity contribution in [1.82, 2.24) is 10.3 Å². The van der Waals surface area contributed by atoms with Crippen molar-refractivity contribution in [2.75, 3.05) is 20.3 Å². The van der Waals surface area contributed by atoms with Gasteiger partial charge in [-0.05, 0) is 23.8 Å². The number of methoxy groups -OCH3 is 1. The van der Waals surface area contributed by atoms with Crippen LogP contribution in [0.3, 0.4) is 0 Å². The highest BCUT2D eigenvalue weighted by atomic mass is 35.5. The van der Waals surface area contributed by atoms with Crippen LogP contribution in [0, 0.1) is 0 Å². The summed E-state index contributed by atoms with van der Waals surface area (Å²) < 4.78 is 15.8. The zero-order valence-corrected chi connectivity index (χ0v) is 15.4. The van der Waals surface area contributed by atoms with Crippen molar-refractivity contribution in [2.45, 2.75) is 18.6 Å². The highest BCUT2D eigenvalue weighted by Gasteiger charge is 2.25. The molecule has 0 aliphatic carbocycles. The van der Waals surface area contributed by atoms with E-state index in [4.69, 9.17) is 25.8 Å². The van der Waals surface area contributed by atoms with E-state index in [-0.39, 0.29) is 6.10 Å². The van der Waals surface area contributed by atoms with Gasteiger partial charge in [-0.25, -0.2) is 9.78 Å². The first-order chi connectivity index (χ1) is 13.1. The third-order valence-corrected chi connectivity index (χ3v) is 4.34. The van der Waals surface area contributed by atoms with Crippen molar-refractivity contribution in [3.8, 4) is 5.88 Å². The Labute approximate surface area is 161 Å². The van der Waals surface area contributed by atoms with Crippen LogP contribution in [-0.4, -0.2) is 43.3 Å². The number of carbonyl (C=O) groups excluding carboxylic acids is 2. The quantitative estimate of drug-likeness (QED) is 0.763. The molecule has 2 aromatic rings. The Morgan fingerprint density at radius 3 is 2.74 bits per heavy atom. The Hall–Kier alpha value is -2.64. The summed E-state index contributed by atoms with van der Waals surface area (Å²) in [5.41, 5.74) is 0.884. The van der Waals surface area contributed by atoms with Gasteiger partial charge in [0, 0.05) is 29.3 Å². The van der Waals surface area contributed by atoms with Gasteiger partial charge in [0.15, 0.2) is 6.04 Å². The molecule has 2 heterocycles. The second-order valence-corrected chi connectivity index (χ2v) is 6.40. The molecule has 27 heavy (non-hydrogen) atoms. The summed E-state index contributed by atoms with van der Waals surface area (Å²) in [5, 5.41) is 3.20. The van der Waals surface area contributed by atoms with Gasteiger partial charge in [-0.1, -0.05) is 23.7 Å². The van der Waals surface area contributed by atoms with Gasteiger partial charge in [-0.15, -0.1) is 0 Å². The van der Waals surface area contributed by atoms with Crippen LogP contribution in [0.15, 0.2) is 42.6 Å². The topological polar surface area (TPSA) is 86.8 Å². The molecule has 0 spiro atoms. The minimum Gasteiger partial charge on any atom is -0.472 e. The molecule has 142 valence electrons. The van der Waals surface area contributed by atoms with Crippen molar-refractivity contribution in [2.24, 2.45) is 0 Å². The number of amides is 1.